The predicted molar refractivity (Wildman–Crippen MR) is 129 cm³/mol. The molecule has 0 aliphatic heterocycles. The molecule has 6 nitrogen and oxygen atoms in total. The summed E-state index contributed by atoms with van der Waals surface area (Å²) in [6.07, 6.45) is 1.73. The standard InChI is InChI=1S/C26H22N2O4S/c29-25(27-16-22-7-4-14-33-22)21(15-18-10-12-20(13-11-18)26(30)28-31)17-32-24-9-3-6-19-5-1-2-8-23(19)24/h1-15,31H,16-17H2,(H,27,29)(H,28,30). The highest BCUT2D eigenvalue weighted by Gasteiger charge is 2.13. The zero-order valence-corrected chi connectivity index (χ0v) is 18.5. The van der Waals surface area contributed by atoms with Crippen molar-refractivity contribution >= 4 is 40.0 Å². The van der Waals surface area contributed by atoms with E-state index in [9.17, 15) is 9.59 Å². The molecule has 0 aliphatic rings. The molecule has 0 spiro atoms. The van der Waals surface area contributed by atoms with E-state index in [2.05, 4.69) is 5.32 Å². The third kappa shape index (κ3) is 5.65. The first-order valence-electron chi connectivity index (χ1n) is 10.3. The molecule has 0 bridgehead atoms. The van der Waals surface area contributed by atoms with Gasteiger partial charge in [-0.2, -0.15) is 0 Å². The van der Waals surface area contributed by atoms with Gasteiger partial charge in [-0.15, -0.1) is 11.3 Å². The minimum absolute atomic E-state index is 0.0726. The van der Waals surface area contributed by atoms with Gasteiger partial charge in [-0.05, 0) is 46.7 Å². The average Bonchev–Trinajstić information content (AvgIpc) is 3.38. The molecule has 0 aliphatic carbocycles. The number of rotatable bonds is 8. The maximum absolute atomic E-state index is 13.0. The number of fused-ring (bicyclic) bond motifs is 1. The Morgan fingerprint density at radius 2 is 1.73 bits per heavy atom. The Morgan fingerprint density at radius 1 is 0.939 bits per heavy atom. The predicted octanol–water partition coefficient (Wildman–Crippen LogP) is 4.80. The molecule has 0 atom stereocenters. The maximum atomic E-state index is 13.0. The number of carbonyl (C=O) groups is 2. The van der Waals surface area contributed by atoms with Crippen LogP contribution in [0.3, 0.4) is 0 Å². The summed E-state index contributed by atoms with van der Waals surface area (Å²) in [5, 5.41) is 15.7. The van der Waals surface area contributed by atoms with Gasteiger partial charge in [0.2, 0.25) is 0 Å². The second-order valence-corrected chi connectivity index (χ2v) is 8.29. The first-order valence-corrected chi connectivity index (χ1v) is 11.2. The van der Waals surface area contributed by atoms with Crippen molar-refractivity contribution < 1.29 is 19.5 Å². The van der Waals surface area contributed by atoms with Crippen LogP contribution in [0.4, 0.5) is 0 Å². The summed E-state index contributed by atoms with van der Waals surface area (Å²) < 4.78 is 6.07. The maximum Gasteiger partial charge on any atom is 0.274 e. The third-order valence-electron chi connectivity index (χ3n) is 5.04. The van der Waals surface area contributed by atoms with Crippen LogP contribution in [0.25, 0.3) is 16.8 Å². The number of amides is 2. The second-order valence-electron chi connectivity index (χ2n) is 7.26. The van der Waals surface area contributed by atoms with Gasteiger partial charge >= 0.3 is 0 Å². The van der Waals surface area contributed by atoms with Crippen LogP contribution in [-0.2, 0) is 11.3 Å². The van der Waals surface area contributed by atoms with Crippen molar-refractivity contribution in [2.45, 2.75) is 6.54 Å². The van der Waals surface area contributed by atoms with Gasteiger partial charge in [0, 0.05) is 15.8 Å². The lowest BCUT2D eigenvalue weighted by atomic mass is 10.1. The van der Waals surface area contributed by atoms with Gasteiger partial charge in [0.1, 0.15) is 12.4 Å². The van der Waals surface area contributed by atoms with E-state index in [1.54, 1.807) is 47.2 Å². The van der Waals surface area contributed by atoms with Gasteiger partial charge in [-0.1, -0.05) is 54.6 Å². The molecular weight excluding hydrogens is 436 g/mol. The van der Waals surface area contributed by atoms with Gasteiger partial charge in [-0.25, -0.2) is 5.48 Å². The van der Waals surface area contributed by atoms with E-state index in [0.717, 1.165) is 21.2 Å². The Hall–Kier alpha value is -3.94. The molecule has 4 aromatic rings. The van der Waals surface area contributed by atoms with E-state index >= 15 is 0 Å². The van der Waals surface area contributed by atoms with Crippen LogP contribution in [0.2, 0.25) is 0 Å². The summed E-state index contributed by atoms with van der Waals surface area (Å²) in [5.41, 5.74) is 3.09. The Bertz CT molecular complexity index is 1280. The topological polar surface area (TPSA) is 87.7 Å². The van der Waals surface area contributed by atoms with Crippen molar-refractivity contribution in [1.82, 2.24) is 10.8 Å². The van der Waals surface area contributed by atoms with Crippen LogP contribution in [-0.4, -0.2) is 23.6 Å². The minimum atomic E-state index is -0.598. The molecule has 33 heavy (non-hydrogen) atoms. The zero-order valence-electron chi connectivity index (χ0n) is 17.7. The number of hydrogen-bond acceptors (Lipinski definition) is 5. The summed E-state index contributed by atoms with van der Waals surface area (Å²) in [6, 6.07) is 24.2. The molecule has 0 unspecified atom stereocenters. The number of ether oxygens (including phenoxy) is 1. The van der Waals surface area contributed by atoms with Crippen LogP contribution in [0.5, 0.6) is 5.75 Å². The van der Waals surface area contributed by atoms with Crippen molar-refractivity contribution in [3.8, 4) is 5.75 Å². The normalized spacial score (nSPS) is 11.2. The number of hydrogen-bond donors (Lipinski definition) is 3. The lowest BCUT2D eigenvalue weighted by Gasteiger charge is -2.13. The van der Waals surface area contributed by atoms with E-state index in [1.165, 1.54) is 0 Å². The molecule has 4 rings (SSSR count). The lowest BCUT2D eigenvalue weighted by Crippen LogP contribution is -2.26. The molecule has 166 valence electrons. The number of nitrogens with one attached hydrogen (secondary N) is 2. The quantitative estimate of drug-likeness (QED) is 0.201. The summed E-state index contributed by atoms with van der Waals surface area (Å²) in [6.45, 7) is 0.501. The van der Waals surface area contributed by atoms with Gasteiger partial charge in [-0.3, -0.25) is 14.8 Å². The summed E-state index contributed by atoms with van der Waals surface area (Å²) in [7, 11) is 0. The number of hydroxylamine groups is 1. The molecule has 3 N–H and O–H groups in total. The van der Waals surface area contributed by atoms with Gasteiger partial charge in [0.25, 0.3) is 11.8 Å². The average molecular weight is 459 g/mol. The van der Waals surface area contributed by atoms with E-state index in [1.807, 2.05) is 60.0 Å². The van der Waals surface area contributed by atoms with Crippen molar-refractivity contribution in [3.05, 3.63) is 106 Å². The van der Waals surface area contributed by atoms with Gasteiger partial charge in [0.15, 0.2) is 0 Å². The van der Waals surface area contributed by atoms with E-state index in [0.29, 0.717) is 23.4 Å². The van der Waals surface area contributed by atoms with Crippen molar-refractivity contribution in [1.29, 1.82) is 0 Å². The highest BCUT2D eigenvalue weighted by Crippen LogP contribution is 2.25. The Balaban J connectivity index is 1.56. The van der Waals surface area contributed by atoms with Crippen LogP contribution in [0.1, 0.15) is 20.8 Å². The SMILES string of the molecule is O=C(NCc1cccs1)C(=Cc1ccc(C(=O)NO)cc1)COc1cccc2ccccc12. The third-order valence-corrected chi connectivity index (χ3v) is 5.92. The molecule has 1 heterocycles. The van der Waals surface area contributed by atoms with Crippen molar-refractivity contribution in [2.24, 2.45) is 0 Å². The van der Waals surface area contributed by atoms with Crippen molar-refractivity contribution in [2.75, 3.05) is 6.61 Å². The van der Waals surface area contributed by atoms with Crippen LogP contribution in [0.15, 0.2) is 89.8 Å². The largest absolute Gasteiger partial charge is 0.488 e. The van der Waals surface area contributed by atoms with Gasteiger partial charge in [0.05, 0.1) is 12.1 Å². The molecule has 7 heteroatoms. The molecule has 0 saturated carbocycles. The molecule has 3 aromatic carbocycles. The van der Waals surface area contributed by atoms with Gasteiger partial charge < -0.3 is 10.1 Å². The van der Waals surface area contributed by atoms with E-state index in [-0.39, 0.29) is 12.5 Å². The fourth-order valence-corrected chi connectivity index (χ4v) is 3.98. The Kier molecular flexibility index (Phi) is 7.14. The number of benzene rings is 3. The van der Waals surface area contributed by atoms with Crippen LogP contribution < -0.4 is 15.5 Å². The first kappa shape index (κ1) is 22.3. The smallest absolute Gasteiger partial charge is 0.274 e. The fraction of sp³-hybridized carbons (Fsp3) is 0.0769. The molecular formula is C26H22N2O4S. The van der Waals surface area contributed by atoms with E-state index in [4.69, 9.17) is 9.94 Å². The highest BCUT2D eigenvalue weighted by atomic mass is 32.1. The van der Waals surface area contributed by atoms with Crippen LogP contribution >= 0.6 is 11.3 Å². The van der Waals surface area contributed by atoms with Crippen molar-refractivity contribution in [3.63, 3.8) is 0 Å². The zero-order chi connectivity index (χ0) is 23.0. The number of thiophene rings is 1. The minimum Gasteiger partial charge on any atom is -0.488 e. The molecule has 1 aromatic heterocycles. The monoisotopic (exact) mass is 458 g/mol. The number of carbonyl (C=O) groups excluding carboxylic acids is 2. The molecule has 0 radical (unpaired) electrons. The second kappa shape index (κ2) is 10.6. The van der Waals surface area contributed by atoms with Crippen LogP contribution in [0, 0.1) is 0 Å². The molecule has 0 saturated heterocycles. The Morgan fingerprint density at radius 3 is 2.48 bits per heavy atom. The first-order chi connectivity index (χ1) is 16.1. The summed E-state index contributed by atoms with van der Waals surface area (Å²) >= 11 is 1.57. The highest BCUT2D eigenvalue weighted by molar-refractivity contribution is 7.09. The summed E-state index contributed by atoms with van der Waals surface area (Å²) in [4.78, 5) is 25.6. The summed E-state index contributed by atoms with van der Waals surface area (Å²) in [5.74, 6) is -0.139. The molecule has 0 fully saturated rings. The Labute approximate surface area is 195 Å². The lowest BCUT2D eigenvalue weighted by molar-refractivity contribution is -0.117. The fourth-order valence-electron chi connectivity index (χ4n) is 3.34. The van der Waals surface area contributed by atoms with E-state index < -0.39 is 5.91 Å². The molecule has 2 amide bonds.